The van der Waals surface area contributed by atoms with Crippen LogP contribution in [0.15, 0.2) is 54.5 Å². The quantitative estimate of drug-likeness (QED) is 0.629. The van der Waals surface area contributed by atoms with E-state index >= 15 is 0 Å². The van der Waals surface area contributed by atoms with Crippen LogP contribution in [0, 0.1) is 0 Å². The Bertz CT molecular complexity index is 639. The van der Waals surface area contributed by atoms with Gasteiger partial charge in [0.2, 0.25) is 0 Å². The van der Waals surface area contributed by atoms with E-state index in [-0.39, 0.29) is 25.9 Å². The molecular weight excluding hydrogens is 249 g/mol. The van der Waals surface area contributed by atoms with Crippen molar-refractivity contribution >= 4 is 43.9 Å². The summed E-state index contributed by atoms with van der Waals surface area (Å²) >= 11 is 0. The zero-order valence-electron chi connectivity index (χ0n) is 11.2. The molecule has 86 valence electrons. The third-order valence-electron chi connectivity index (χ3n) is 2.16. The van der Waals surface area contributed by atoms with E-state index in [1.54, 1.807) is 12.1 Å². The monoisotopic (exact) mass is 260 g/mol. The summed E-state index contributed by atoms with van der Waals surface area (Å²) in [5.74, 6) is 0.318. The molecule has 2 aromatic rings. The maximum Gasteiger partial charge on any atom is 2.00 e. The van der Waals surface area contributed by atoms with E-state index in [1.165, 1.54) is 0 Å². The van der Waals surface area contributed by atoms with Gasteiger partial charge in [-0.25, -0.2) is 0 Å². The summed E-state index contributed by atoms with van der Waals surface area (Å²) in [5, 5.41) is 2.48. The fourth-order valence-corrected chi connectivity index (χ4v) is 1.89. The molecule has 2 rings (SSSR count). The molecule has 5 heteroatoms. The van der Waals surface area contributed by atoms with Crippen molar-refractivity contribution in [2.75, 3.05) is 0 Å². The van der Waals surface area contributed by atoms with Crippen molar-refractivity contribution < 1.29 is 15.5 Å². The van der Waals surface area contributed by atoms with Crippen LogP contribution in [0.2, 0.25) is 0 Å². The van der Waals surface area contributed by atoms with Gasteiger partial charge in [-0.05, 0) is 11.5 Å². The van der Waals surface area contributed by atoms with Crippen LogP contribution in [0.3, 0.4) is 0 Å². The van der Waals surface area contributed by atoms with Gasteiger partial charge in [0.15, 0.2) is 5.75 Å². The topological polar surface area (TPSA) is 43.4 Å². The first-order chi connectivity index (χ1) is 7.62. The Morgan fingerprint density at radius 1 is 1.12 bits per heavy atom. The second kappa shape index (κ2) is 5.53. The van der Waals surface area contributed by atoms with Crippen LogP contribution in [0.5, 0.6) is 5.75 Å². The molecule has 0 aliphatic heterocycles. The van der Waals surface area contributed by atoms with Crippen LogP contribution in [0.4, 0.5) is 0 Å². The second-order valence-corrected chi connectivity index (χ2v) is 4.71. The zero-order chi connectivity index (χ0) is 11.6. The Balaban J connectivity index is 0. The molecule has 0 aromatic heterocycles. The SMILES string of the molecule is C=CS(=O)(=O)Oc1cccc2ccccc12.[H-].[H-].[Mg+2]. The molecule has 0 unspecified atom stereocenters. The molecule has 0 heterocycles. The van der Waals surface area contributed by atoms with Crippen LogP contribution >= 0.6 is 0 Å². The van der Waals surface area contributed by atoms with Gasteiger partial charge in [0.25, 0.3) is 0 Å². The predicted octanol–water partition coefficient (Wildman–Crippen LogP) is 2.54. The molecule has 2 aromatic carbocycles. The van der Waals surface area contributed by atoms with E-state index in [4.69, 9.17) is 4.18 Å². The Hall–Kier alpha value is -1.04. The van der Waals surface area contributed by atoms with Gasteiger partial charge in [-0.3, -0.25) is 0 Å². The van der Waals surface area contributed by atoms with E-state index in [1.807, 2.05) is 30.3 Å². The summed E-state index contributed by atoms with van der Waals surface area (Å²) in [6, 6.07) is 12.7. The van der Waals surface area contributed by atoms with Crippen LogP contribution in [-0.4, -0.2) is 31.5 Å². The van der Waals surface area contributed by atoms with Crippen molar-refractivity contribution in [2.45, 2.75) is 0 Å². The predicted molar refractivity (Wildman–Crippen MR) is 71.7 cm³/mol. The molecule has 0 radical (unpaired) electrons. The van der Waals surface area contributed by atoms with Gasteiger partial charge < -0.3 is 7.04 Å². The molecule has 0 fully saturated rings. The van der Waals surface area contributed by atoms with Crippen molar-refractivity contribution in [1.82, 2.24) is 0 Å². The summed E-state index contributed by atoms with van der Waals surface area (Å²) in [5.41, 5.74) is 0. The van der Waals surface area contributed by atoms with Crippen molar-refractivity contribution in [3.05, 3.63) is 54.5 Å². The maximum atomic E-state index is 11.3. The minimum absolute atomic E-state index is 0. The van der Waals surface area contributed by atoms with E-state index in [9.17, 15) is 8.42 Å². The van der Waals surface area contributed by atoms with Crippen molar-refractivity contribution in [2.24, 2.45) is 0 Å². The number of hydrogen-bond donors (Lipinski definition) is 0. The third-order valence-corrected chi connectivity index (χ3v) is 2.98. The first kappa shape index (κ1) is 14.0. The Morgan fingerprint density at radius 2 is 1.76 bits per heavy atom. The molecule has 0 spiro atoms. The second-order valence-electron chi connectivity index (χ2n) is 3.22. The van der Waals surface area contributed by atoms with E-state index < -0.39 is 10.1 Å². The van der Waals surface area contributed by atoms with Crippen molar-refractivity contribution in [3.63, 3.8) is 0 Å². The zero-order valence-corrected chi connectivity index (χ0v) is 11.4. The van der Waals surface area contributed by atoms with Crippen LogP contribution in [0.1, 0.15) is 2.85 Å². The molecule has 0 saturated heterocycles. The molecule has 0 aliphatic carbocycles. The van der Waals surface area contributed by atoms with E-state index in [2.05, 4.69) is 6.58 Å². The smallest absolute Gasteiger partial charge is 1.00 e. The molecule has 3 nitrogen and oxygen atoms in total. The molecule has 0 atom stereocenters. The third kappa shape index (κ3) is 3.21. The Labute approximate surface area is 119 Å². The number of fused-ring (bicyclic) bond motifs is 1. The standard InChI is InChI=1S/C12H10O3S.Mg.2H/c1-2-16(13,14)15-12-9-5-7-10-6-3-4-8-11(10)12;;;/h2-9H,1H2;;;/q;+2;2*-1. The van der Waals surface area contributed by atoms with Gasteiger partial charge >= 0.3 is 33.2 Å². The van der Waals surface area contributed by atoms with E-state index in [0.717, 1.165) is 16.2 Å². The molecule has 0 bridgehead atoms. The summed E-state index contributed by atoms with van der Waals surface area (Å²) in [7, 11) is -3.70. The largest absolute Gasteiger partial charge is 2.00 e. The Kier molecular flexibility index (Phi) is 4.56. The number of benzene rings is 2. The summed E-state index contributed by atoms with van der Waals surface area (Å²) in [4.78, 5) is 0. The normalized spacial score (nSPS) is 10.6. The molecular formula is C12H12MgO3S. The van der Waals surface area contributed by atoms with Gasteiger partial charge in [0.05, 0.1) is 5.41 Å². The number of rotatable bonds is 3. The molecule has 17 heavy (non-hydrogen) atoms. The van der Waals surface area contributed by atoms with Gasteiger partial charge in [-0.2, -0.15) is 8.42 Å². The fraction of sp³-hybridized carbons (Fsp3) is 0. The Morgan fingerprint density at radius 3 is 2.47 bits per heavy atom. The van der Waals surface area contributed by atoms with Gasteiger partial charge in [-0.1, -0.05) is 43.0 Å². The average Bonchev–Trinajstić information content (AvgIpc) is 2.29. The van der Waals surface area contributed by atoms with Crippen molar-refractivity contribution in [3.8, 4) is 5.75 Å². The maximum absolute atomic E-state index is 11.3. The minimum atomic E-state index is -3.70. The number of hydrogen-bond acceptors (Lipinski definition) is 3. The van der Waals surface area contributed by atoms with E-state index in [0.29, 0.717) is 5.75 Å². The summed E-state index contributed by atoms with van der Waals surface area (Å²) in [6.45, 7) is 3.20. The fourth-order valence-electron chi connectivity index (χ4n) is 1.43. The molecule has 0 N–H and O–H groups in total. The summed E-state index contributed by atoms with van der Waals surface area (Å²) in [6.07, 6.45) is 0. The van der Waals surface area contributed by atoms with Crippen LogP contribution < -0.4 is 4.18 Å². The average molecular weight is 261 g/mol. The van der Waals surface area contributed by atoms with Crippen molar-refractivity contribution in [1.29, 1.82) is 0 Å². The van der Waals surface area contributed by atoms with Gasteiger partial charge in [0.1, 0.15) is 0 Å². The molecule has 0 aliphatic rings. The summed E-state index contributed by atoms with van der Waals surface area (Å²) < 4.78 is 27.5. The minimum Gasteiger partial charge on any atom is -1.00 e. The molecule has 0 saturated carbocycles. The van der Waals surface area contributed by atoms with Gasteiger partial charge in [-0.15, -0.1) is 0 Å². The van der Waals surface area contributed by atoms with Crippen LogP contribution in [-0.2, 0) is 10.1 Å². The van der Waals surface area contributed by atoms with Gasteiger partial charge in [0, 0.05) is 5.39 Å². The first-order valence-electron chi connectivity index (χ1n) is 4.67. The molecule has 0 amide bonds. The van der Waals surface area contributed by atoms with Crippen LogP contribution in [0.25, 0.3) is 10.8 Å². The first-order valence-corrected chi connectivity index (χ1v) is 6.14.